The van der Waals surface area contributed by atoms with Crippen molar-refractivity contribution in [3.8, 4) is 11.5 Å². The minimum Gasteiger partial charge on any atom is -0.493 e. The second kappa shape index (κ2) is 9.18. The van der Waals surface area contributed by atoms with E-state index in [1.54, 1.807) is 14.2 Å². The molecule has 0 aliphatic carbocycles. The van der Waals surface area contributed by atoms with Gasteiger partial charge in [-0.3, -0.25) is 0 Å². The number of benzene rings is 1. The average Bonchev–Trinajstić information content (AvgIpc) is 2.43. The highest BCUT2D eigenvalue weighted by molar-refractivity contribution is 9.10. The molecule has 0 bridgehead atoms. The lowest BCUT2D eigenvalue weighted by molar-refractivity contribution is 0.199. The maximum absolute atomic E-state index is 5.82. The van der Waals surface area contributed by atoms with Crippen molar-refractivity contribution >= 4 is 15.9 Å². The quantitative estimate of drug-likeness (QED) is 0.706. The topological polar surface area (TPSA) is 39.7 Å². The SMILES string of the molecule is CCCOc1c(OC)ccc(Br)c1CNCCOC. The van der Waals surface area contributed by atoms with E-state index in [0.717, 1.165) is 34.5 Å². The van der Waals surface area contributed by atoms with Crippen molar-refractivity contribution in [3.05, 3.63) is 22.2 Å². The van der Waals surface area contributed by atoms with Crippen molar-refractivity contribution in [2.24, 2.45) is 0 Å². The minimum atomic E-state index is 0.678. The van der Waals surface area contributed by atoms with Crippen LogP contribution >= 0.6 is 15.9 Å². The molecule has 19 heavy (non-hydrogen) atoms. The number of hydrogen-bond donors (Lipinski definition) is 1. The highest BCUT2D eigenvalue weighted by atomic mass is 79.9. The van der Waals surface area contributed by atoms with Gasteiger partial charge in [0.2, 0.25) is 0 Å². The van der Waals surface area contributed by atoms with Crippen LogP contribution in [0.3, 0.4) is 0 Å². The van der Waals surface area contributed by atoms with E-state index in [-0.39, 0.29) is 0 Å². The van der Waals surface area contributed by atoms with Gasteiger partial charge in [0, 0.05) is 30.2 Å². The number of hydrogen-bond acceptors (Lipinski definition) is 4. The Bertz CT molecular complexity index is 385. The monoisotopic (exact) mass is 331 g/mol. The van der Waals surface area contributed by atoms with Crippen LogP contribution in [0.2, 0.25) is 0 Å². The minimum absolute atomic E-state index is 0.678. The summed E-state index contributed by atoms with van der Waals surface area (Å²) >= 11 is 3.56. The van der Waals surface area contributed by atoms with Gasteiger partial charge in [-0.15, -0.1) is 0 Å². The molecule has 0 spiro atoms. The molecule has 1 aromatic carbocycles. The molecular formula is C14H22BrNO3. The second-order valence-corrected chi connectivity index (χ2v) is 4.93. The van der Waals surface area contributed by atoms with Crippen molar-refractivity contribution in [2.45, 2.75) is 19.9 Å². The van der Waals surface area contributed by atoms with Gasteiger partial charge < -0.3 is 19.5 Å². The molecule has 0 amide bonds. The summed E-state index contributed by atoms with van der Waals surface area (Å²) in [7, 11) is 3.35. The average molecular weight is 332 g/mol. The lowest BCUT2D eigenvalue weighted by Gasteiger charge is -2.16. The van der Waals surface area contributed by atoms with E-state index < -0.39 is 0 Å². The third-order valence-corrected chi connectivity index (χ3v) is 3.37. The molecule has 0 radical (unpaired) electrons. The zero-order valence-electron chi connectivity index (χ0n) is 11.8. The van der Waals surface area contributed by atoms with Crippen LogP contribution in [0.1, 0.15) is 18.9 Å². The smallest absolute Gasteiger partial charge is 0.166 e. The van der Waals surface area contributed by atoms with Crippen LogP contribution in [0.25, 0.3) is 0 Å². The molecule has 1 N–H and O–H groups in total. The molecule has 5 heteroatoms. The Kier molecular flexibility index (Phi) is 7.86. The molecule has 1 rings (SSSR count). The zero-order chi connectivity index (χ0) is 14.1. The second-order valence-electron chi connectivity index (χ2n) is 4.08. The Labute approximate surface area is 123 Å². The largest absolute Gasteiger partial charge is 0.493 e. The highest BCUT2D eigenvalue weighted by Gasteiger charge is 2.14. The van der Waals surface area contributed by atoms with Crippen molar-refractivity contribution < 1.29 is 14.2 Å². The molecule has 0 aliphatic rings. The van der Waals surface area contributed by atoms with Crippen LogP contribution in [0.4, 0.5) is 0 Å². The maximum Gasteiger partial charge on any atom is 0.166 e. The van der Waals surface area contributed by atoms with Gasteiger partial charge in [-0.2, -0.15) is 0 Å². The maximum atomic E-state index is 5.82. The molecule has 0 fully saturated rings. The molecule has 0 aliphatic heterocycles. The summed E-state index contributed by atoms with van der Waals surface area (Å²) in [5, 5.41) is 3.32. The predicted molar refractivity (Wildman–Crippen MR) is 80.1 cm³/mol. The van der Waals surface area contributed by atoms with Gasteiger partial charge in [0.1, 0.15) is 0 Å². The van der Waals surface area contributed by atoms with Gasteiger partial charge in [-0.05, 0) is 18.6 Å². The van der Waals surface area contributed by atoms with Gasteiger partial charge >= 0.3 is 0 Å². The van der Waals surface area contributed by atoms with Crippen LogP contribution in [-0.2, 0) is 11.3 Å². The van der Waals surface area contributed by atoms with E-state index in [4.69, 9.17) is 14.2 Å². The predicted octanol–water partition coefficient (Wildman–Crippen LogP) is 2.98. The molecule has 0 saturated carbocycles. The summed E-state index contributed by atoms with van der Waals surface area (Å²) in [5.74, 6) is 1.57. The first-order chi connectivity index (χ1) is 9.24. The van der Waals surface area contributed by atoms with Crippen LogP contribution in [0.15, 0.2) is 16.6 Å². The molecule has 4 nitrogen and oxygen atoms in total. The van der Waals surface area contributed by atoms with Crippen LogP contribution in [-0.4, -0.2) is 34.0 Å². The number of ether oxygens (including phenoxy) is 3. The standard InChI is InChI=1S/C14H22BrNO3/c1-4-8-19-14-11(10-16-7-9-17-2)12(15)5-6-13(14)18-3/h5-6,16H,4,7-10H2,1-3H3. The Hall–Kier alpha value is -0.780. The van der Waals surface area contributed by atoms with E-state index in [0.29, 0.717) is 19.8 Å². The van der Waals surface area contributed by atoms with E-state index in [1.165, 1.54) is 0 Å². The summed E-state index contributed by atoms with van der Waals surface area (Å²) in [6.07, 6.45) is 0.964. The first kappa shape index (κ1) is 16.3. The van der Waals surface area contributed by atoms with Crippen molar-refractivity contribution in [1.29, 1.82) is 0 Å². The lowest BCUT2D eigenvalue weighted by atomic mass is 10.2. The Morgan fingerprint density at radius 1 is 1.21 bits per heavy atom. The van der Waals surface area contributed by atoms with E-state index in [1.807, 2.05) is 12.1 Å². The molecule has 0 heterocycles. The summed E-state index contributed by atoms with van der Waals surface area (Å²) in [6, 6.07) is 3.89. The first-order valence-electron chi connectivity index (χ1n) is 6.42. The molecular weight excluding hydrogens is 310 g/mol. The zero-order valence-corrected chi connectivity index (χ0v) is 13.4. The van der Waals surface area contributed by atoms with Gasteiger partial charge in [0.05, 0.1) is 20.3 Å². The normalized spacial score (nSPS) is 10.5. The number of halogens is 1. The van der Waals surface area contributed by atoms with Gasteiger partial charge in [0.25, 0.3) is 0 Å². The van der Waals surface area contributed by atoms with Gasteiger partial charge in [-0.1, -0.05) is 22.9 Å². The van der Waals surface area contributed by atoms with Crippen LogP contribution < -0.4 is 14.8 Å². The summed E-state index contributed by atoms with van der Waals surface area (Å²) in [4.78, 5) is 0. The Balaban J connectivity index is 2.84. The van der Waals surface area contributed by atoms with Gasteiger partial charge in [0.15, 0.2) is 11.5 Å². The highest BCUT2D eigenvalue weighted by Crippen LogP contribution is 2.36. The molecule has 108 valence electrons. The van der Waals surface area contributed by atoms with Crippen molar-refractivity contribution in [1.82, 2.24) is 5.32 Å². The third kappa shape index (κ3) is 5.01. The van der Waals surface area contributed by atoms with E-state index >= 15 is 0 Å². The fraction of sp³-hybridized carbons (Fsp3) is 0.571. The van der Waals surface area contributed by atoms with E-state index in [9.17, 15) is 0 Å². The van der Waals surface area contributed by atoms with Crippen molar-refractivity contribution in [3.63, 3.8) is 0 Å². The summed E-state index contributed by atoms with van der Waals surface area (Å²) in [5.41, 5.74) is 1.07. The molecule has 0 unspecified atom stereocenters. The van der Waals surface area contributed by atoms with Crippen LogP contribution in [0.5, 0.6) is 11.5 Å². The molecule has 0 saturated heterocycles. The molecule has 1 aromatic rings. The first-order valence-corrected chi connectivity index (χ1v) is 7.21. The van der Waals surface area contributed by atoms with E-state index in [2.05, 4.69) is 28.2 Å². The fourth-order valence-electron chi connectivity index (χ4n) is 1.66. The summed E-state index contributed by atoms with van der Waals surface area (Å²) < 4.78 is 17.2. The van der Waals surface area contributed by atoms with Crippen LogP contribution in [0, 0.1) is 0 Å². The third-order valence-electron chi connectivity index (χ3n) is 2.62. The number of nitrogens with one attached hydrogen (secondary N) is 1. The fourth-order valence-corrected chi connectivity index (χ4v) is 2.11. The Morgan fingerprint density at radius 3 is 2.63 bits per heavy atom. The van der Waals surface area contributed by atoms with Gasteiger partial charge in [-0.25, -0.2) is 0 Å². The Morgan fingerprint density at radius 2 is 2.00 bits per heavy atom. The number of rotatable bonds is 9. The molecule has 0 atom stereocenters. The van der Waals surface area contributed by atoms with Crippen molar-refractivity contribution in [2.75, 3.05) is 34.0 Å². The summed E-state index contributed by atoms with van der Waals surface area (Å²) in [6.45, 7) is 4.96. The number of methoxy groups -OCH3 is 2. The lowest BCUT2D eigenvalue weighted by Crippen LogP contribution is -2.19. The molecule has 0 aromatic heterocycles.